The molecule has 0 fully saturated rings. The molecule has 1 aromatic heterocycles. The van der Waals surface area contributed by atoms with E-state index in [0.29, 0.717) is 17.9 Å². The Morgan fingerprint density at radius 1 is 1.33 bits per heavy atom. The summed E-state index contributed by atoms with van der Waals surface area (Å²) in [5, 5.41) is 21.6. The number of rotatable bonds is 8. The molecule has 24 heavy (non-hydrogen) atoms. The lowest BCUT2D eigenvalue weighted by molar-refractivity contribution is -0.384. The molecule has 0 aliphatic carbocycles. The van der Waals surface area contributed by atoms with Crippen LogP contribution in [0.25, 0.3) is 5.69 Å². The molecule has 8 heteroatoms. The summed E-state index contributed by atoms with van der Waals surface area (Å²) in [4.78, 5) is 22.6. The number of nitro benzene ring substituents is 1. The molecule has 0 radical (unpaired) electrons. The predicted octanol–water partition coefficient (Wildman–Crippen LogP) is 2.79. The minimum Gasteiger partial charge on any atom is -0.351 e. The van der Waals surface area contributed by atoms with E-state index in [2.05, 4.69) is 22.6 Å². The molecule has 0 spiro atoms. The van der Waals surface area contributed by atoms with E-state index in [9.17, 15) is 14.9 Å². The monoisotopic (exact) mass is 331 g/mol. The third kappa shape index (κ3) is 4.15. The lowest BCUT2D eigenvalue weighted by Gasteiger charge is -2.05. The summed E-state index contributed by atoms with van der Waals surface area (Å²) in [5.41, 5.74) is 1.24. The van der Waals surface area contributed by atoms with Gasteiger partial charge in [-0.2, -0.15) is 0 Å². The van der Waals surface area contributed by atoms with E-state index in [1.807, 2.05) is 0 Å². The summed E-state index contributed by atoms with van der Waals surface area (Å²) in [6.45, 7) is 4.45. The molecule has 0 saturated carbocycles. The van der Waals surface area contributed by atoms with Crippen LogP contribution in [0.5, 0.6) is 0 Å². The molecule has 2 aromatic rings. The molecule has 1 N–H and O–H groups in total. The Kier molecular flexibility index (Phi) is 6.00. The summed E-state index contributed by atoms with van der Waals surface area (Å²) >= 11 is 0. The SMILES string of the molecule is CCCCCCNC(=O)c1nnn(-c2cccc([N+](=O)[O-])c2)c1C. The quantitative estimate of drug-likeness (QED) is 0.455. The highest BCUT2D eigenvalue weighted by molar-refractivity contribution is 5.93. The number of unbranched alkanes of at least 4 members (excludes halogenated alkanes) is 3. The van der Waals surface area contributed by atoms with Gasteiger partial charge in [0.05, 0.1) is 16.3 Å². The minimum atomic E-state index is -0.473. The Morgan fingerprint density at radius 2 is 2.12 bits per heavy atom. The van der Waals surface area contributed by atoms with Crippen molar-refractivity contribution in [3.05, 3.63) is 45.8 Å². The Labute approximate surface area is 140 Å². The van der Waals surface area contributed by atoms with Crippen LogP contribution in [0.3, 0.4) is 0 Å². The van der Waals surface area contributed by atoms with Crippen LogP contribution in [0.1, 0.15) is 48.8 Å². The van der Waals surface area contributed by atoms with Crippen LogP contribution >= 0.6 is 0 Å². The number of nitro groups is 1. The van der Waals surface area contributed by atoms with E-state index in [-0.39, 0.29) is 17.3 Å². The standard InChI is InChI=1S/C16H21N5O3/c1-3-4-5-6-10-17-16(22)15-12(2)20(19-18-15)13-8-7-9-14(11-13)21(23)24/h7-9,11H,3-6,10H2,1-2H3,(H,17,22). The van der Waals surface area contributed by atoms with Gasteiger partial charge in [-0.25, -0.2) is 4.68 Å². The maximum Gasteiger partial charge on any atom is 0.273 e. The largest absolute Gasteiger partial charge is 0.351 e. The van der Waals surface area contributed by atoms with Gasteiger partial charge in [-0.05, 0) is 19.4 Å². The number of carbonyl (C=O) groups excluding carboxylic acids is 1. The molecular formula is C16H21N5O3. The van der Waals surface area contributed by atoms with Crippen molar-refractivity contribution in [3.63, 3.8) is 0 Å². The fraction of sp³-hybridized carbons (Fsp3) is 0.438. The van der Waals surface area contributed by atoms with Crippen molar-refractivity contribution in [2.24, 2.45) is 0 Å². The maximum atomic E-state index is 12.2. The molecule has 2 rings (SSSR count). The number of nitrogens with zero attached hydrogens (tertiary/aromatic N) is 4. The van der Waals surface area contributed by atoms with E-state index >= 15 is 0 Å². The molecule has 0 aliphatic rings. The zero-order valence-electron chi connectivity index (χ0n) is 13.9. The number of nitrogens with one attached hydrogen (secondary N) is 1. The van der Waals surface area contributed by atoms with Gasteiger partial charge in [-0.1, -0.05) is 37.5 Å². The van der Waals surface area contributed by atoms with Gasteiger partial charge in [0.15, 0.2) is 5.69 Å². The van der Waals surface area contributed by atoms with Gasteiger partial charge >= 0.3 is 0 Å². The van der Waals surface area contributed by atoms with Gasteiger partial charge in [0.2, 0.25) is 0 Å². The number of hydrogen-bond donors (Lipinski definition) is 1. The molecule has 1 amide bonds. The van der Waals surface area contributed by atoms with E-state index in [0.717, 1.165) is 25.7 Å². The maximum absolute atomic E-state index is 12.2. The van der Waals surface area contributed by atoms with E-state index in [1.165, 1.54) is 16.8 Å². The predicted molar refractivity (Wildman–Crippen MR) is 89.2 cm³/mol. The van der Waals surface area contributed by atoms with Gasteiger partial charge in [0.1, 0.15) is 0 Å². The van der Waals surface area contributed by atoms with Crippen molar-refractivity contribution < 1.29 is 9.72 Å². The first-order chi connectivity index (χ1) is 11.5. The lowest BCUT2D eigenvalue weighted by Crippen LogP contribution is -2.25. The topological polar surface area (TPSA) is 103 Å². The molecule has 0 saturated heterocycles. The molecule has 8 nitrogen and oxygen atoms in total. The second-order valence-corrected chi connectivity index (χ2v) is 5.53. The van der Waals surface area contributed by atoms with Crippen molar-refractivity contribution in [1.29, 1.82) is 0 Å². The average molecular weight is 331 g/mol. The Morgan fingerprint density at radius 3 is 2.83 bits per heavy atom. The highest BCUT2D eigenvalue weighted by atomic mass is 16.6. The number of aromatic nitrogens is 3. The Bertz CT molecular complexity index is 726. The van der Waals surface area contributed by atoms with E-state index in [1.54, 1.807) is 19.1 Å². The molecule has 0 bridgehead atoms. The molecule has 1 aromatic carbocycles. The first-order valence-corrected chi connectivity index (χ1v) is 8.00. The minimum absolute atomic E-state index is 0.0377. The molecule has 0 atom stereocenters. The fourth-order valence-electron chi connectivity index (χ4n) is 2.36. The molecule has 1 heterocycles. The van der Waals surface area contributed by atoms with E-state index < -0.39 is 4.92 Å². The molecular weight excluding hydrogens is 310 g/mol. The highest BCUT2D eigenvalue weighted by Gasteiger charge is 2.18. The Hall–Kier alpha value is -2.77. The number of amides is 1. The van der Waals surface area contributed by atoms with Gasteiger partial charge in [-0.15, -0.1) is 5.10 Å². The normalized spacial score (nSPS) is 10.6. The van der Waals surface area contributed by atoms with Crippen LogP contribution < -0.4 is 5.32 Å². The van der Waals surface area contributed by atoms with Gasteiger partial charge in [0.25, 0.3) is 11.6 Å². The van der Waals surface area contributed by atoms with Crippen molar-refractivity contribution in [1.82, 2.24) is 20.3 Å². The molecule has 0 unspecified atom stereocenters. The summed E-state index contributed by atoms with van der Waals surface area (Å²) in [5.74, 6) is -0.277. The van der Waals surface area contributed by atoms with Crippen molar-refractivity contribution >= 4 is 11.6 Å². The van der Waals surface area contributed by atoms with Crippen LogP contribution in [-0.2, 0) is 0 Å². The van der Waals surface area contributed by atoms with Crippen LogP contribution in [0, 0.1) is 17.0 Å². The highest BCUT2D eigenvalue weighted by Crippen LogP contribution is 2.18. The lowest BCUT2D eigenvalue weighted by atomic mass is 10.2. The van der Waals surface area contributed by atoms with Crippen LogP contribution in [-0.4, -0.2) is 32.4 Å². The van der Waals surface area contributed by atoms with E-state index in [4.69, 9.17) is 0 Å². The Balaban J connectivity index is 2.09. The number of hydrogen-bond acceptors (Lipinski definition) is 5. The van der Waals surface area contributed by atoms with Crippen LogP contribution in [0.2, 0.25) is 0 Å². The first kappa shape index (κ1) is 17.6. The van der Waals surface area contributed by atoms with Crippen LogP contribution in [0.15, 0.2) is 24.3 Å². The zero-order valence-corrected chi connectivity index (χ0v) is 13.9. The molecule has 128 valence electrons. The molecule has 0 aliphatic heterocycles. The number of non-ortho nitro benzene ring substituents is 1. The fourth-order valence-corrected chi connectivity index (χ4v) is 2.36. The van der Waals surface area contributed by atoms with Crippen molar-refractivity contribution in [2.45, 2.75) is 39.5 Å². The second-order valence-electron chi connectivity index (χ2n) is 5.53. The summed E-state index contributed by atoms with van der Waals surface area (Å²) in [6.07, 6.45) is 4.30. The zero-order chi connectivity index (χ0) is 17.5. The van der Waals surface area contributed by atoms with Crippen molar-refractivity contribution in [2.75, 3.05) is 6.54 Å². The average Bonchev–Trinajstić information content (AvgIpc) is 2.96. The summed E-state index contributed by atoms with van der Waals surface area (Å²) in [6, 6.07) is 6.05. The second kappa shape index (κ2) is 8.19. The van der Waals surface area contributed by atoms with Gasteiger partial charge in [0, 0.05) is 18.7 Å². The van der Waals surface area contributed by atoms with Crippen LogP contribution in [0.4, 0.5) is 5.69 Å². The third-order valence-electron chi connectivity index (χ3n) is 3.71. The smallest absolute Gasteiger partial charge is 0.273 e. The number of benzene rings is 1. The van der Waals surface area contributed by atoms with Gasteiger partial charge < -0.3 is 5.32 Å². The summed E-state index contributed by atoms with van der Waals surface area (Å²) in [7, 11) is 0. The van der Waals surface area contributed by atoms with Crippen molar-refractivity contribution in [3.8, 4) is 5.69 Å². The summed E-state index contributed by atoms with van der Waals surface area (Å²) < 4.78 is 1.43. The first-order valence-electron chi connectivity index (χ1n) is 8.00. The third-order valence-corrected chi connectivity index (χ3v) is 3.71. The number of carbonyl (C=O) groups is 1. The van der Waals surface area contributed by atoms with Gasteiger partial charge in [-0.3, -0.25) is 14.9 Å².